The molecule has 4 aliphatic rings. The monoisotopic (exact) mass is 746 g/mol. The average Bonchev–Trinajstić information content (AvgIpc) is 3.92. The number of carbonyl (C=O) groups is 1. The van der Waals surface area contributed by atoms with Gasteiger partial charge in [-0.25, -0.2) is 0 Å². The second kappa shape index (κ2) is 11.7. The normalized spacial score (nSPS) is 18.9. The fraction of sp³-hybridized carbons (Fsp3) is 0.145. The SMILES string of the molecule is CC1(C)C2=C(C=CC3c4ccccc4N(c4ccc(C(=O)c5ccc(-n6c7ccccc7c7ccc8c(c76)C(C)(C)c6ccccc6-8)cc5)cc4)C23)c2ccccc21. The van der Waals surface area contributed by atoms with E-state index in [4.69, 9.17) is 0 Å². The molecule has 0 saturated heterocycles. The van der Waals surface area contributed by atoms with Gasteiger partial charge in [0.15, 0.2) is 5.78 Å². The van der Waals surface area contributed by atoms with Crippen LogP contribution in [-0.2, 0) is 10.8 Å². The van der Waals surface area contributed by atoms with Crippen molar-refractivity contribution in [1.82, 2.24) is 4.57 Å². The van der Waals surface area contributed by atoms with Gasteiger partial charge >= 0.3 is 0 Å². The molecule has 3 heteroatoms. The number of nitrogens with zero attached hydrogens (tertiary/aromatic N) is 2. The first-order valence-corrected chi connectivity index (χ1v) is 20.6. The quantitative estimate of drug-likeness (QED) is 0.168. The van der Waals surface area contributed by atoms with Crippen molar-refractivity contribution in [3.05, 3.63) is 214 Å². The summed E-state index contributed by atoms with van der Waals surface area (Å²) in [6.45, 7) is 9.46. The van der Waals surface area contributed by atoms with E-state index < -0.39 is 0 Å². The molecule has 0 saturated carbocycles. The molecular formula is C55H42N2O. The summed E-state index contributed by atoms with van der Waals surface area (Å²) in [6, 6.07) is 56.6. The molecule has 2 atom stereocenters. The number of anilines is 2. The number of ketones is 1. The van der Waals surface area contributed by atoms with Crippen molar-refractivity contribution in [2.24, 2.45) is 0 Å². The van der Waals surface area contributed by atoms with E-state index in [9.17, 15) is 4.79 Å². The van der Waals surface area contributed by atoms with Crippen molar-refractivity contribution < 1.29 is 4.79 Å². The lowest BCUT2D eigenvalue weighted by atomic mass is 9.73. The highest BCUT2D eigenvalue weighted by molar-refractivity contribution is 6.13. The maximum absolute atomic E-state index is 14.2. The maximum Gasteiger partial charge on any atom is 0.193 e. The predicted molar refractivity (Wildman–Crippen MR) is 239 cm³/mol. The van der Waals surface area contributed by atoms with E-state index in [0.29, 0.717) is 11.1 Å². The number of aromatic nitrogens is 1. The number of fused-ring (bicyclic) bond motifs is 13. The fourth-order valence-corrected chi connectivity index (χ4v) is 11.4. The van der Waals surface area contributed by atoms with Gasteiger partial charge < -0.3 is 9.47 Å². The number of allylic oxidation sites excluding steroid dienone is 2. The molecule has 2 heterocycles. The lowest BCUT2D eigenvalue weighted by Gasteiger charge is -2.39. The Morgan fingerprint density at radius 3 is 1.93 bits per heavy atom. The van der Waals surface area contributed by atoms with Crippen LogP contribution in [0.2, 0.25) is 0 Å². The summed E-state index contributed by atoms with van der Waals surface area (Å²) in [6.07, 6.45) is 4.78. The second-order valence-electron chi connectivity index (χ2n) is 17.6. The Hall–Kier alpha value is -6.71. The summed E-state index contributed by atoms with van der Waals surface area (Å²) in [5.41, 5.74) is 19.1. The molecule has 0 amide bonds. The Balaban J connectivity index is 0.908. The molecule has 58 heavy (non-hydrogen) atoms. The van der Waals surface area contributed by atoms with Crippen molar-refractivity contribution >= 4 is 44.5 Å². The molecule has 0 fully saturated rings. The van der Waals surface area contributed by atoms with Gasteiger partial charge in [-0.3, -0.25) is 4.79 Å². The van der Waals surface area contributed by atoms with Crippen LogP contribution >= 0.6 is 0 Å². The largest absolute Gasteiger partial charge is 0.333 e. The highest BCUT2D eigenvalue weighted by Crippen LogP contribution is 2.59. The summed E-state index contributed by atoms with van der Waals surface area (Å²) < 4.78 is 2.41. The minimum absolute atomic E-state index is 0.0236. The molecule has 0 spiro atoms. The zero-order valence-corrected chi connectivity index (χ0v) is 33.1. The second-order valence-corrected chi connectivity index (χ2v) is 17.6. The van der Waals surface area contributed by atoms with Gasteiger partial charge in [0.05, 0.1) is 17.1 Å². The molecule has 278 valence electrons. The molecule has 7 aromatic carbocycles. The van der Waals surface area contributed by atoms with Crippen molar-refractivity contribution in [1.29, 1.82) is 0 Å². The van der Waals surface area contributed by atoms with Crippen LogP contribution in [-0.4, -0.2) is 16.4 Å². The van der Waals surface area contributed by atoms with E-state index in [1.807, 2.05) is 24.3 Å². The molecule has 8 aromatic rings. The van der Waals surface area contributed by atoms with Gasteiger partial charge in [-0.15, -0.1) is 0 Å². The highest BCUT2D eigenvalue weighted by Gasteiger charge is 2.50. The Kier molecular flexibility index (Phi) is 6.73. The topological polar surface area (TPSA) is 25.2 Å². The lowest BCUT2D eigenvalue weighted by molar-refractivity contribution is 0.103. The molecule has 0 N–H and O–H groups in total. The Bertz CT molecular complexity index is 3130. The number of carbonyl (C=O) groups excluding carboxylic acids is 1. The molecule has 1 aliphatic heterocycles. The number of hydrogen-bond donors (Lipinski definition) is 0. The van der Waals surface area contributed by atoms with Gasteiger partial charge in [0.1, 0.15) is 0 Å². The lowest BCUT2D eigenvalue weighted by Crippen LogP contribution is -2.38. The summed E-state index contributed by atoms with van der Waals surface area (Å²) in [5.74, 6) is 0.274. The number of para-hydroxylation sites is 2. The minimum Gasteiger partial charge on any atom is -0.333 e. The van der Waals surface area contributed by atoms with E-state index in [2.05, 4.69) is 183 Å². The number of rotatable bonds is 4. The summed E-state index contributed by atoms with van der Waals surface area (Å²) in [5, 5.41) is 2.48. The third-order valence-electron chi connectivity index (χ3n) is 13.9. The average molecular weight is 747 g/mol. The van der Waals surface area contributed by atoms with Crippen LogP contribution in [0.3, 0.4) is 0 Å². The van der Waals surface area contributed by atoms with E-state index in [1.165, 1.54) is 77.6 Å². The van der Waals surface area contributed by atoms with Gasteiger partial charge in [0.2, 0.25) is 0 Å². The maximum atomic E-state index is 14.2. The Morgan fingerprint density at radius 2 is 1.17 bits per heavy atom. The highest BCUT2D eigenvalue weighted by atomic mass is 16.1. The molecule has 3 aliphatic carbocycles. The number of benzene rings is 7. The standard InChI is InChI=1S/C55H42N2O/c1-54(2)45-17-9-5-13-37(45)41-29-31-43-39-15-7-11-19-47(39)56(51(43)49(41)54)35-25-21-33(22-26-35)53(58)34-23-27-36(28-24-34)57-48-20-12-8-16-40(48)44-32-30-42-38-14-6-10-18-46(38)55(3,4)50(42)52(44)57/h5-32,43,51H,1-4H3. The van der Waals surface area contributed by atoms with Crippen molar-refractivity contribution in [2.45, 2.75) is 50.5 Å². The summed E-state index contributed by atoms with van der Waals surface area (Å²) in [7, 11) is 0. The van der Waals surface area contributed by atoms with Crippen LogP contribution in [0.25, 0.3) is 44.2 Å². The smallest absolute Gasteiger partial charge is 0.193 e. The molecular weight excluding hydrogens is 705 g/mol. The fourth-order valence-electron chi connectivity index (χ4n) is 11.4. The van der Waals surface area contributed by atoms with Crippen LogP contribution in [0.5, 0.6) is 0 Å². The van der Waals surface area contributed by atoms with Gasteiger partial charge in [-0.1, -0.05) is 137 Å². The van der Waals surface area contributed by atoms with E-state index >= 15 is 0 Å². The molecule has 0 radical (unpaired) electrons. The first-order chi connectivity index (χ1) is 28.2. The molecule has 12 rings (SSSR count). The molecule has 0 bridgehead atoms. The first-order valence-electron chi connectivity index (χ1n) is 20.6. The zero-order valence-electron chi connectivity index (χ0n) is 33.1. The molecule has 2 unspecified atom stereocenters. The summed E-state index contributed by atoms with van der Waals surface area (Å²) in [4.78, 5) is 16.7. The first kappa shape index (κ1) is 33.4. The van der Waals surface area contributed by atoms with Crippen molar-refractivity contribution in [2.75, 3.05) is 4.90 Å². The van der Waals surface area contributed by atoms with Gasteiger partial charge in [-0.2, -0.15) is 0 Å². The van der Waals surface area contributed by atoms with Crippen LogP contribution in [0, 0.1) is 0 Å². The Morgan fingerprint density at radius 1 is 0.552 bits per heavy atom. The van der Waals surface area contributed by atoms with Crippen LogP contribution in [0.4, 0.5) is 11.4 Å². The van der Waals surface area contributed by atoms with Crippen LogP contribution < -0.4 is 4.90 Å². The van der Waals surface area contributed by atoms with E-state index in [-0.39, 0.29) is 28.6 Å². The van der Waals surface area contributed by atoms with Gasteiger partial charge in [0.25, 0.3) is 0 Å². The third kappa shape index (κ3) is 4.31. The van der Waals surface area contributed by atoms with Crippen LogP contribution in [0.1, 0.15) is 77.4 Å². The van der Waals surface area contributed by atoms with Gasteiger partial charge in [-0.05, 0) is 111 Å². The summed E-state index contributed by atoms with van der Waals surface area (Å²) >= 11 is 0. The van der Waals surface area contributed by atoms with Crippen molar-refractivity contribution in [3.63, 3.8) is 0 Å². The Labute approximate surface area is 339 Å². The molecule has 3 nitrogen and oxygen atoms in total. The predicted octanol–water partition coefficient (Wildman–Crippen LogP) is 13.2. The van der Waals surface area contributed by atoms with Crippen molar-refractivity contribution in [3.8, 4) is 16.8 Å². The van der Waals surface area contributed by atoms with E-state index in [0.717, 1.165) is 11.4 Å². The van der Waals surface area contributed by atoms with Crippen LogP contribution in [0.15, 0.2) is 175 Å². The third-order valence-corrected chi connectivity index (χ3v) is 13.9. The van der Waals surface area contributed by atoms with E-state index in [1.54, 1.807) is 0 Å². The van der Waals surface area contributed by atoms with Gasteiger partial charge in [0, 0.05) is 55.7 Å². The minimum atomic E-state index is -0.164. The molecule has 1 aromatic heterocycles. The zero-order chi connectivity index (χ0) is 39.1. The number of hydrogen-bond acceptors (Lipinski definition) is 2.